The molecule has 0 aromatic rings. The van der Waals surface area contributed by atoms with Crippen LogP contribution in [0.5, 0.6) is 0 Å². The first kappa shape index (κ1) is 16.0. The van der Waals surface area contributed by atoms with Gasteiger partial charge in [-0.15, -0.1) is 0 Å². The molecule has 2 aliphatic rings. The van der Waals surface area contributed by atoms with Crippen molar-refractivity contribution in [3.05, 3.63) is 0 Å². The van der Waals surface area contributed by atoms with Gasteiger partial charge in [-0.2, -0.15) is 8.42 Å². The Bertz CT molecular complexity index is 494. The van der Waals surface area contributed by atoms with Gasteiger partial charge >= 0.3 is 0 Å². The highest BCUT2D eigenvalue weighted by molar-refractivity contribution is 7.86. The normalized spacial score (nSPS) is 33.6. The van der Waals surface area contributed by atoms with Gasteiger partial charge in [0.2, 0.25) is 0 Å². The molecule has 0 radical (unpaired) electrons. The van der Waals surface area contributed by atoms with Crippen LogP contribution in [0.2, 0.25) is 0 Å². The molecule has 1 N–H and O–H groups in total. The first-order valence-corrected chi connectivity index (χ1v) is 9.18. The van der Waals surface area contributed by atoms with Crippen LogP contribution in [0, 0.1) is 16.7 Å². The summed E-state index contributed by atoms with van der Waals surface area (Å²) in [6, 6.07) is 0. The maximum atomic E-state index is 12.5. The standard InChI is InChI=1S/C15H26O4S/c1-4-5-6-7-13(20(17,18)19)15-9-8-11(10-12(15)16)14(15,2)3/h11,13H,4-10H2,1-3H3,(H,17,18,19). The van der Waals surface area contributed by atoms with Crippen molar-refractivity contribution in [2.24, 2.45) is 16.7 Å². The maximum Gasteiger partial charge on any atom is 0.268 e. The number of rotatable bonds is 6. The molecule has 3 unspecified atom stereocenters. The van der Waals surface area contributed by atoms with Crippen molar-refractivity contribution in [1.82, 2.24) is 0 Å². The first-order valence-electron chi connectivity index (χ1n) is 7.67. The van der Waals surface area contributed by atoms with Crippen molar-refractivity contribution in [3.63, 3.8) is 0 Å². The average molecular weight is 302 g/mol. The number of hydrogen-bond donors (Lipinski definition) is 1. The summed E-state index contributed by atoms with van der Waals surface area (Å²) in [4.78, 5) is 12.5. The van der Waals surface area contributed by atoms with Crippen molar-refractivity contribution in [2.45, 2.75) is 71.0 Å². The van der Waals surface area contributed by atoms with E-state index in [4.69, 9.17) is 0 Å². The Hall–Kier alpha value is -0.420. The van der Waals surface area contributed by atoms with Gasteiger partial charge in [-0.1, -0.05) is 40.0 Å². The van der Waals surface area contributed by atoms with Gasteiger partial charge < -0.3 is 0 Å². The Kier molecular flexibility index (Phi) is 4.06. The van der Waals surface area contributed by atoms with Crippen LogP contribution in [-0.2, 0) is 14.9 Å². The highest BCUT2D eigenvalue weighted by Crippen LogP contribution is 2.66. The number of carbonyl (C=O) groups is 1. The lowest BCUT2D eigenvalue weighted by atomic mass is 9.65. The second kappa shape index (κ2) is 5.09. The quantitative estimate of drug-likeness (QED) is 0.604. The lowest BCUT2D eigenvalue weighted by molar-refractivity contribution is -0.129. The van der Waals surface area contributed by atoms with E-state index in [0.29, 0.717) is 19.3 Å². The third-order valence-electron chi connectivity index (χ3n) is 5.97. The van der Waals surface area contributed by atoms with Gasteiger partial charge in [0.05, 0.1) is 10.7 Å². The minimum Gasteiger partial charge on any atom is -0.299 e. The molecule has 4 nitrogen and oxygen atoms in total. The summed E-state index contributed by atoms with van der Waals surface area (Å²) >= 11 is 0. The van der Waals surface area contributed by atoms with Crippen molar-refractivity contribution in [1.29, 1.82) is 0 Å². The van der Waals surface area contributed by atoms with Crippen molar-refractivity contribution >= 4 is 15.9 Å². The molecule has 5 heteroatoms. The molecular weight excluding hydrogens is 276 g/mol. The van der Waals surface area contributed by atoms with Gasteiger partial charge in [-0.25, -0.2) is 0 Å². The molecule has 0 aliphatic heterocycles. The lowest BCUT2D eigenvalue weighted by Crippen LogP contribution is -2.49. The third-order valence-corrected chi connectivity index (χ3v) is 7.32. The van der Waals surface area contributed by atoms with E-state index in [0.717, 1.165) is 25.7 Å². The number of carbonyl (C=O) groups excluding carboxylic acids is 1. The Morgan fingerprint density at radius 1 is 1.35 bits per heavy atom. The van der Waals surface area contributed by atoms with Crippen molar-refractivity contribution in [2.75, 3.05) is 0 Å². The molecular formula is C15H26O4S. The molecule has 2 saturated carbocycles. The second-order valence-corrected chi connectivity index (χ2v) is 8.65. The molecule has 0 amide bonds. The first-order chi connectivity index (χ1) is 9.18. The SMILES string of the molecule is CCCCCC(C12CCC(CC1=O)C2(C)C)S(=O)(=O)O. The number of fused-ring (bicyclic) bond motifs is 2. The van der Waals surface area contributed by atoms with E-state index in [2.05, 4.69) is 6.92 Å². The fourth-order valence-electron chi connectivity index (χ4n) is 4.70. The zero-order chi connectivity index (χ0) is 15.2. The summed E-state index contributed by atoms with van der Waals surface area (Å²) in [6.45, 7) is 6.07. The van der Waals surface area contributed by atoms with E-state index in [-0.39, 0.29) is 17.1 Å². The van der Waals surface area contributed by atoms with Crippen LogP contribution in [-0.4, -0.2) is 24.0 Å². The predicted molar refractivity (Wildman–Crippen MR) is 78.0 cm³/mol. The minimum atomic E-state index is -4.20. The molecule has 2 aliphatic carbocycles. The largest absolute Gasteiger partial charge is 0.299 e. The maximum absolute atomic E-state index is 12.5. The summed E-state index contributed by atoms with van der Waals surface area (Å²) in [5.41, 5.74) is -1.18. The summed E-state index contributed by atoms with van der Waals surface area (Å²) in [5.74, 6) is 0.322. The van der Waals surface area contributed by atoms with Crippen LogP contribution in [0.4, 0.5) is 0 Å². The van der Waals surface area contributed by atoms with Crippen molar-refractivity contribution < 1.29 is 17.8 Å². The van der Waals surface area contributed by atoms with E-state index in [9.17, 15) is 17.8 Å². The molecule has 0 spiro atoms. The number of hydrogen-bond acceptors (Lipinski definition) is 3. The molecule has 0 saturated heterocycles. The smallest absolute Gasteiger partial charge is 0.268 e. The van der Waals surface area contributed by atoms with E-state index in [1.54, 1.807) is 0 Å². The summed E-state index contributed by atoms with van der Waals surface area (Å²) in [7, 11) is -4.20. The summed E-state index contributed by atoms with van der Waals surface area (Å²) in [6.07, 6.45) is 5.06. The van der Waals surface area contributed by atoms with Crippen molar-refractivity contribution in [3.8, 4) is 0 Å². The van der Waals surface area contributed by atoms with E-state index in [1.807, 2.05) is 13.8 Å². The minimum absolute atomic E-state index is 0.0536. The molecule has 2 fully saturated rings. The highest BCUT2D eigenvalue weighted by Gasteiger charge is 2.69. The molecule has 0 heterocycles. The highest BCUT2D eigenvalue weighted by atomic mass is 32.2. The Morgan fingerprint density at radius 3 is 2.40 bits per heavy atom. The number of ketones is 1. The van der Waals surface area contributed by atoms with E-state index < -0.39 is 20.8 Å². The van der Waals surface area contributed by atoms with Gasteiger partial charge in [0.1, 0.15) is 5.78 Å². The molecule has 2 rings (SSSR count). The van der Waals surface area contributed by atoms with Crippen LogP contribution < -0.4 is 0 Å². The molecule has 0 aromatic heterocycles. The lowest BCUT2D eigenvalue weighted by Gasteiger charge is -2.41. The van der Waals surface area contributed by atoms with Gasteiger partial charge in [0.25, 0.3) is 10.1 Å². The Morgan fingerprint density at radius 2 is 2.00 bits per heavy atom. The monoisotopic (exact) mass is 302 g/mol. The summed E-state index contributed by atoms with van der Waals surface area (Å²) < 4.78 is 33.6. The number of Topliss-reactive ketones (excluding diaryl/α,β-unsaturated/α-hetero) is 1. The Labute approximate surface area is 122 Å². The average Bonchev–Trinajstić information content (AvgIpc) is 2.67. The molecule has 0 aromatic carbocycles. The zero-order valence-electron chi connectivity index (χ0n) is 12.7. The van der Waals surface area contributed by atoms with Gasteiger partial charge in [0, 0.05) is 6.42 Å². The topological polar surface area (TPSA) is 71.4 Å². The van der Waals surface area contributed by atoms with Crippen LogP contribution in [0.15, 0.2) is 0 Å². The van der Waals surface area contributed by atoms with Gasteiger partial charge in [-0.05, 0) is 30.6 Å². The second-order valence-electron chi connectivity index (χ2n) is 7.06. The van der Waals surface area contributed by atoms with Crippen LogP contribution in [0.1, 0.15) is 65.7 Å². The van der Waals surface area contributed by atoms with Gasteiger partial charge in [0.15, 0.2) is 0 Å². The molecule has 20 heavy (non-hydrogen) atoms. The zero-order valence-corrected chi connectivity index (χ0v) is 13.5. The van der Waals surface area contributed by atoms with Crippen LogP contribution in [0.25, 0.3) is 0 Å². The van der Waals surface area contributed by atoms with Gasteiger partial charge in [-0.3, -0.25) is 9.35 Å². The summed E-state index contributed by atoms with van der Waals surface area (Å²) in [5, 5.41) is -0.920. The predicted octanol–water partition coefficient (Wildman–Crippen LogP) is 3.22. The molecule has 3 atom stereocenters. The van der Waals surface area contributed by atoms with Crippen LogP contribution >= 0.6 is 0 Å². The molecule has 116 valence electrons. The fourth-order valence-corrected chi connectivity index (χ4v) is 6.22. The van der Waals surface area contributed by atoms with E-state index in [1.165, 1.54) is 0 Å². The van der Waals surface area contributed by atoms with Crippen LogP contribution in [0.3, 0.4) is 0 Å². The number of unbranched alkanes of at least 4 members (excludes halogenated alkanes) is 2. The third kappa shape index (κ3) is 2.13. The Balaban J connectivity index is 2.39. The van der Waals surface area contributed by atoms with E-state index >= 15 is 0 Å². The molecule has 2 bridgehead atoms. The fraction of sp³-hybridized carbons (Fsp3) is 0.933.